The summed E-state index contributed by atoms with van der Waals surface area (Å²) >= 11 is 0. The molecule has 0 spiro atoms. The highest BCUT2D eigenvalue weighted by atomic mass is 16.6. The number of ether oxygens (including phenoxy) is 3. The van der Waals surface area contributed by atoms with E-state index in [4.69, 9.17) is 14.2 Å². The SMILES string of the molecule is COc1ccc(CN(C)CC2COc3ccccc3O2)cc1. The Morgan fingerprint density at radius 3 is 2.55 bits per heavy atom. The number of likely N-dealkylation sites (N-methyl/N-ethyl adjacent to an activating group) is 1. The summed E-state index contributed by atoms with van der Waals surface area (Å²) in [5.41, 5.74) is 1.25. The molecule has 3 rings (SSSR count). The van der Waals surface area contributed by atoms with Crippen LogP contribution in [-0.4, -0.2) is 38.3 Å². The Hall–Kier alpha value is -2.20. The summed E-state index contributed by atoms with van der Waals surface area (Å²) in [6.45, 7) is 2.27. The molecule has 0 radical (unpaired) electrons. The molecule has 0 aliphatic carbocycles. The summed E-state index contributed by atoms with van der Waals surface area (Å²) in [5, 5.41) is 0. The molecule has 4 heteroatoms. The Labute approximate surface area is 131 Å². The number of hydrogen-bond donors (Lipinski definition) is 0. The van der Waals surface area contributed by atoms with Gasteiger partial charge in [0.25, 0.3) is 0 Å². The first-order valence-electron chi connectivity index (χ1n) is 7.44. The van der Waals surface area contributed by atoms with Crippen molar-refractivity contribution in [3.8, 4) is 17.2 Å². The molecule has 0 amide bonds. The van der Waals surface area contributed by atoms with Crippen LogP contribution < -0.4 is 14.2 Å². The van der Waals surface area contributed by atoms with E-state index < -0.39 is 0 Å². The molecule has 2 aromatic carbocycles. The first-order valence-corrected chi connectivity index (χ1v) is 7.44. The monoisotopic (exact) mass is 299 g/mol. The van der Waals surface area contributed by atoms with Gasteiger partial charge in [0.15, 0.2) is 11.5 Å². The minimum Gasteiger partial charge on any atom is -0.497 e. The zero-order valence-electron chi connectivity index (χ0n) is 13.0. The minimum atomic E-state index is 0.0538. The van der Waals surface area contributed by atoms with Crippen molar-refractivity contribution in [1.82, 2.24) is 4.90 Å². The van der Waals surface area contributed by atoms with Crippen LogP contribution >= 0.6 is 0 Å². The lowest BCUT2D eigenvalue weighted by molar-refractivity contribution is 0.0638. The normalized spacial score (nSPS) is 16.6. The van der Waals surface area contributed by atoms with Crippen LogP contribution in [0.4, 0.5) is 0 Å². The second-order valence-electron chi connectivity index (χ2n) is 5.54. The van der Waals surface area contributed by atoms with E-state index in [9.17, 15) is 0 Å². The second kappa shape index (κ2) is 6.71. The first kappa shape index (κ1) is 14.7. The van der Waals surface area contributed by atoms with Gasteiger partial charge in [0.1, 0.15) is 18.5 Å². The molecule has 0 fully saturated rings. The van der Waals surface area contributed by atoms with Gasteiger partial charge in [0.05, 0.1) is 7.11 Å². The Bertz CT molecular complexity index is 612. The molecule has 4 nitrogen and oxygen atoms in total. The zero-order chi connectivity index (χ0) is 15.4. The molecule has 0 bridgehead atoms. The molecular weight excluding hydrogens is 278 g/mol. The zero-order valence-corrected chi connectivity index (χ0v) is 13.0. The Kier molecular flexibility index (Phi) is 4.49. The molecule has 1 aliphatic heterocycles. The van der Waals surface area contributed by atoms with Crippen LogP contribution in [0.1, 0.15) is 5.56 Å². The number of nitrogens with zero attached hydrogens (tertiary/aromatic N) is 1. The quantitative estimate of drug-likeness (QED) is 0.849. The van der Waals surface area contributed by atoms with E-state index in [1.54, 1.807) is 7.11 Å². The molecule has 0 saturated heterocycles. The maximum absolute atomic E-state index is 5.99. The highest BCUT2D eigenvalue weighted by Crippen LogP contribution is 2.31. The fraction of sp³-hybridized carbons (Fsp3) is 0.333. The third-order valence-corrected chi connectivity index (χ3v) is 3.69. The van der Waals surface area contributed by atoms with Crippen molar-refractivity contribution in [2.24, 2.45) is 0 Å². The average Bonchev–Trinajstić information content (AvgIpc) is 2.55. The first-order chi connectivity index (χ1) is 10.7. The van der Waals surface area contributed by atoms with E-state index in [0.717, 1.165) is 30.3 Å². The summed E-state index contributed by atoms with van der Waals surface area (Å²) in [4.78, 5) is 2.24. The van der Waals surface area contributed by atoms with Crippen LogP contribution in [0.2, 0.25) is 0 Å². The predicted molar refractivity (Wildman–Crippen MR) is 85.7 cm³/mol. The Morgan fingerprint density at radius 2 is 1.82 bits per heavy atom. The summed E-state index contributed by atoms with van der Waals surface area (Å²) in [7, 11) is 3.77. The van der Waals surface area contributed by atoms with Crippen molar-refractivity contribution < 1.29 is 14.2 Å². The predicted octanol–water partition coefficient (Wildman–Crippen LogP) is 2.97. The van der Waals surface area contributed by atoms with E-state index in [0.29, 0.717) is 6.61 Å². The lowest BCUT2D eigenvalue weighted by Crippen LogP contribution is -2.39. The Morgan fingerprint density at radius 1 is 1.09 bits per heavy atom. The van der Waals surface area contributed by atoms with Crippen LogP contribution in [0.15, 0.2) is 48.5 Å². The minimum absolute atomic E-state index is 0.0538. The highest BCUT2D eigenvalue weighted by Gasteiger charge is 2.21. The Balaban J connectivity index is 1.55. The molecule has 116 valence electrons. The highest BCUT2D eigenvalue weighted by molar-refractivity contribution is 5.40. The molecule has 1 atom stereocenters. The molecule has 1 heterocycles. The molecular formula is C18H21NO3. The van der Waals surface area contributed by atoms with Crippen molar-refractivity contribution in [2.75, 3.05) is 27.3 Å². The molecule has 2 aromatic rings. The molecule has 0 saturated carbocycles. The van der Waals surface area contributed by atoms with Crippen LogP contribution in [0, 0.1) is 0 Å². The maximum Gasteiger partial charge on any atom is 0.161 e. The van der Waals surface area contributed by atoms with Crippen molar-refractivity contribution >= 4 is 0 Å². The average molecular weight is 299 g/mol. The van der Waals surface area contributed by atoms with Gasteiger partial charge in [-0.15, -0.1) is 0 Å². The number of para-hydroxylation sites is 2. The summed E-state index contributed by atoms with van der Waals surface area (Å²) < 4.78 is 16.9. The third kappa shape index (κ3) is 3.52. The van der Waals surface area contributed by atoms with Crippen molar-refractivity contribution in [1.29, 1.82) is 0 Å². The van der Waals surface area contributed by atoms with E-state index in [2.05, 4.69) is 24.1 Å². The van der Waals surface area contributed by atoms with Gasteiger partial charge in [-0.1, -0.05) is 24.3 Å². The number of fused-ring (bicyclic) bond motifs is 1. The van der Waals surface area contributed by atoms with Gasteiger partial charge >= 0.3 is 0 Å². The fourth-order valence-electron chi connectivity index (χ4n) is 2.61. The van der Waals surface area contributed by atoms with Crippen LogP contribution in [0.25, 0.3) is 0 Å². The number of methoxy groups -OCH3 is 1. The van der Waals surface area contributed by atoms with Crippen LogP contribution in [0.3, 0.4) is 0 Å². The lowest BCUT2D eigenvalue weighted by atomic mass is 10.2. The van der Waals surface area contributed by atoms with Crippen molar-refractivity contribution in [3.05, 3.63) is 54.1 Å². The van der Waals surface area contributed by atoms with Gasteiger partial charge in [-0.2, -0.15) is 0 Å². The van der Waals surface area contributed by atoms with Gasteiger partial charge in [-0.3, -0.25) is 4.90 Å². The van der Waals surface area contributed by atoms with Crippen molar-refractivity contribution in [2.45, 2.75) is 12.6 Å². The van der Waals surface area contributed by atoms with Crippen molar-refractivity contribution in [3.63, 3.8) is 0 Å². The number of hydrogen-bond acceptors (Lipinski definition) is 4. The fourth-order valence-corrected chi connectivity index (χ4v) is 2.61. The molecule has 1 aliphatic rings. The van der Waals surface area contributed by atoms with Crippen LogP contribution in [0.5, 0.6) is 17.2 Å². The molecule has 22 heavy (non-hydrogen) atoms. The second-order valence-corrected chi connectivity index (χ2v) is 5.54. The number of rotatable bonds is 5. The molecule has 1 unspecified atom stereocenters. The summed E-state index contributed by atoms with van der Waals surface area (Å²) in [5.74, 6) is 2.54. The number of benzene rings is 2. The summed E-state index contributed by atoms with van der Waals surface area (Å²) in [6.07, 6.45) is 0.0538. The summed E-state index contributed by atoms with van der Waals surface area (Å²) in [6, 6.07) is 16.0. The van der Waals surface area contributed by atoms with E-state index >= 15 is 0 Å². The van der Waals surface area contributed by atoms with E-state index in [1.807, 2.05) is 36.4 Å². The lowest BCUT2D eigenvalue weighted by Gasteiger charge is -2.29. The van der Waals surface area contributed by atoms with Gasteiger partial charge in [-0.05, 0) is 36.9 Å². The largest absolute Gasteiger partial charge is 0.497 e. The van der Waals surface area contributed by atoms with Gasteiger partial charge in [0.2, 0.25) is 0 Å². The smallest absolute Gasteiger partial charge is 0.161 e. The topological polar surface area (TPSA) is 30.9 Å². The van der Waals surface area contributed by atoms with Gasteiger partial charge in [-0.25, -0.2) is 0 Å². The van der Waals surface area contributed by atoms with Crippen LogP contribution in [-0.2, 0) is 6.54 Å². The molecule has 0 aromatic heterocycles. The van der Waals surface area contributed by atoms with Gasteiger partial charge < -0.3 is 14.2 Å². The molecule has 0 N–H and O–H groups in total. The third-order valence-electron chi connectivity index (χ3n) is 3.69. The standard InChI is InChI=1S/C18H21NO3/c1-19(11-14-7-9-15(20-2)10-8-14)12-16-13-21-17-5-3-4-6-18(17)22-16/h3-10,16H,11-13H2,1-2H3. The van der Waals surface area contributed by atoms with Gasteiger partial charge in [0, 0.05) is 13.1 Å². The van der Waals surface area contributed by atoms with E-state index in [1.165, 1.54) is 5.56 Å². The van der Waals surface area contributed by atoms with E-state index in [-0.39, 0.29) is 6.10 Å². The maximum atomic E-state index is 5.99.